The van der Waals surface area contributed by atoms with Gasteiger partial charge in [-0.2, -0.15) is 5.26 Å². The first-order valence-corrected chi connectivity index (χ1v) is 9.54. The zero-order chi connectivity index (χ0) is 17.9. The molecule has 0 atom stereocenters. The van der Waals surface area contributed by atoms with E-state index < -0.39 is 10.0 Å². The lowest BCUT2D eigenvalue weighted by molar-refractivity contribution is 0.603. The summed E-state index contributed by atoms with van der Waals surface area (Å²) in [6.07, 6.45) is 0. The standard InChI is InChI=1S/C15H10ClN5O2S2/c16-12-5-8-15(24-12)25(22,23)21-14-7-6-13(19-20-14)18-11-4-2-1-3-10(11)9-17/h1-8H,(H,18,19)(H,20,21). The van der Waals surface area contributed by atoms with Crippen molar-refractivity contribution in [2.75, 3.05) is 10.0 Å². The molecule has 2 N–H and O–H groups in total. The summed E-state index contributed by atoms with van der Waals surface area (Å²) in [7, 11) is -3.76. The Bertz CT molecular complexity index is 1040. The van der Waals surface area contributed by atoms with Crippen LogP contribution >= 0.6 is 22.9 Å². The van der Waals surface area contributed by atoms with Gasteiger partial charge >= 0.3 is 0 Å². The Morgan fingerprint density at radius 2 is 1.76 bits per heavy atom. The molecule has 0 aliphatic rings. The summed E-state index contributed by atoms with van der Waals surface area (Å²) < 4.78 is 27.2. The molecular formula is C15H10ClN5O2S2. The second-order valence-electron chi connectivity index (χ2n) is 4.75. The van der Waals surface area contributed by atoms with Gasteiger partial charge < -0.3 is 5.32 Å². The predicted octanol–water partition coefficient (Wildman–Crippen LogP) is 3.61. The number of sulfonamides is 1. The fourth-order valence-electron chi connectivity index (χ4n) is 1.91. The van der Waals surface area contributed by atoms with Gasteiger partial charge in [0.05, 0.1) is 15.6 Å². The summed E-state index contributed by atoms with van der Waals surface area (Å²) in [5.74, 6) is 0.452. The van der Waals surface area contributed by atoms with E-state index in [0.29, 0.717) is 21.4 Å². The molecule has 0 bridgehead atoms. The number of halogens is 1. The molecule has 0 aliphatic heterocycles. The second-order valence-corrected chi connectivity index (χ2v) is 8.37. The number of thiophene rings is 1. The zero-order valence-electron chi connectivity index (χ0n) is 12.5. The average molecular weight is 392 g/mol. The van der Waals surface area contributed by atoms with E-state index in [2.05, 4.69) is 26.3 Å². The normalized spacial score (nSPS) is 10.9. The topological polar surface area (TPSA) is 108 Å². The molecule has 10 heteroatoms. The zero-order valence-corrected chi connectivity index (χ0v) is 14.9. The van der Waals surface area contributed by atoms with Crippen molar-refractivity contribution in [3.8, 4) is 6.07 Å². The molecule has 0 radical (unpaired) electrons. The molecule has 1 aromatic carbocycles. The molecule has 0 unspecified atom stereocenters. The van der Waals surface area contributed by atoms with Gasteiger partial charge in [0.15, 0.2) is 11.6 Å². The van der Waals surface area contributed by atoms with Crippen molar-refractivity contribution < 1.29 is 8.42 Å². The van der Waals surface area contributed by atoms with E-state index in [1.54, 1.807) is 30.3 Å². The number of nitrogens with zero attached hydrogens (tertiary/aromatic N) is 3. The fraction of sp³-hybridized carbons (Fsp3) is 0. The van der Waals surface area contributed by atoms with E-state index in [-0.39, 0.29) is 10.0 Å². The minimum absolute atomic E-state index is 0.0728. The second kappa shape index (κ2) is 7.06. The summed E-state index contributed by atoms with van der Waals surface area (Å²) in [6, 6.07) is 15.0. The highest BCUT2D eigenvalue weighted by Gasteiger charge is 2.17. The monoisotopic (exact) mass is 391 g/mol. The van der Waals surface area contributed by atoms with Crippen LogP contribution in [0.3, 0.4) is 0 Å². The average Bonchev–Trinajstić information content (AvgIpc) is 3.04. The highest BCUT2D eigenvalue weighted by atomic mass is 35.5. The first-order valence-electron chi connectivity index (χ1n) is 6.86. The number of hydrogen-bond donors (Lipinski definition) is 2. The van der Waals surface area contributed by atoms with Crippen LogP contribution in [0.2, 0.25) is 4.34 Å². The lowest BCUT2D eigenvalue weighted by Gasteiger charge is -2.08. The van der Waals surface area contributed by atoms with Gasteiger partial charge in [-0.1, -0.05) is 23.7 Å². The highest BCUT2D eigenvalue weighted by Crippen LogP contribution is 2.27. The number of hydrogen-bond acceptors (Lipinski definition) is 7. The Morgan fingerprint density at radius 3 is 2.40 bits per heavy atom. The Labute approximate surface area is 153 Å². The Kier molecular flexibility index (Phi) is 4.85. The molecule has 126 valence electrons. The van der Waals surface area contributed by atoms with Crippen LogP contribution in [-0.2, 0) is 10.0 Å². The van der Waals surface area contributed by atoms with Crippen molar-refractivity contribution in [2.45, 2.75) is 4.21 Å². The first kappa shape index (κ1) is 17.2. The molecule has 7 nitrogen and oxygen atoms in total. The molecule has 2 heterocycles. The van der Waals surface area contributed by atoms with E-state index in [0.717, 1.165) is 11.3 Å². The summed E-state index contributed by atoms with van der Waals surface area (Å²) in [5.41, 5.74) is 1.05. The quantitative estimate of drug-likeness (QED) is 0.687. The third-order valence-corrected chi connectivity index (χ3v) is 6.10. The van der Waals surface area contributed by atoms with Gasteiger partial charge in [-0.25, -0.2) is 8.42 Å². The number of anilines is 3. The molecule has 0 aliphatic carbocycles. The number of rotatable bonds is 5. The van der Waals surface area contributed by atoms with E-state index >= 15 is 0 Å². The highest BCUT2D eigenvalue weighted by molar-refractivity contribution is 7.94. The van der Waals surface area contributed by atoms with Crippen LogP contribution in [0.25, 0.3) is 0 Å². The van der Waals surface area contributed by atoms with Crippen molar-refractivity contribution >= 4 is 50.3 Å². The van der Waals surface area contributed by atoms with Crippen LogP contribution < -0.4 is 10.0 Å². The summed E-state index contributed by atoms with van der Waals surface area (Å²) >= 11 is 6.71. The largest absolute Gasteiger partial charge is 0.338 e. The fourth-order valence-corrected chi connectivity index (χ4v) is 4.39. The number of nitriles is 1. The minimum Gasteiger partial charge on any atom is -0.338 e. The number of nitrogens with one attached hydrogen (secondary N) is 2. The smallest absolute Gasteiger partial charge is 0.272 e. The summed E-state index contributed by atoms with van der Waals surface area (Å²) in [4.78, 5) is 0. The number of para-hydroxylation sites is 1. The van der Waals surface area contributed by atoms with Crippen LogP contribution in [0.5, 0.6) is 0 Å². The molecule has 3 rings (SSSR count). The summed E-state index contributed by atoms with van der Waals surface area (Å²) in [5, 5.41) is 19.8. The lowest BCUT2D eigenvalue weighted by atomic mass is 10.2. The van der Waals surface area contributed by atoms with Gasteiger partial charge in [0.1, 0.15) is 10.3 Å². The van der Waals surface area contributed by atoms with Gasteiger partial charge in [0, 0.05) is 0 Å². The van der Waals surface area contributed by atoms with Crippen molar-refractivity contribution in [2.24, 2.45) is 0 Å². The number of benzene rings is 1. The SMILES string of the molecule is N#Cc1ccccc1Nc1ccc(NS(=O)(=O)c2ccc(Cl)s2)nn1. The van der Waals surface area contributed by atoms with Crippen LogP contribution in [0.15, 0.2) is 52.7 Å². The third-order valence-electron chi connectivity index (χ3n) is 3.03. The predicted molar refractivity (Wildman–Crippen MR) is 96.6 cm³/mol. The number of aromatic nitrogens is 2. The minimum atomic E-state index is -3.76. The van der Waals surface area contributed by atoms with Crippen molar-refractivity contribution in [1.82, 2.24) is 10.2 Å². The van der Waals surface area contributed by atoms with Gasteiger partial charge in [0.25, 0.3) is 10.0 Å². The molecule has 0 amide bonds. The molecule has 0 saturated carbocycles. The Balaban J connectivity index is 1.76. The summed E-state index contributed by atoms with van der Waals surface area (Å²) in [6.45, 7) is 0. The third kappa shape index (κ3) is 4.06. The van der Waals surface area contributed by atoms with Crippen molar-refractivity contribution in [3.05, 3.63) is 58.4 Å². The van der Waals surface area contributed by atoms with E-state index in [1.807, 2.05) is 0 Å². The molecule has 0 fully saturated rings. The molecule has 2 aromatic heterocycles. The van der Waals surface area contributed by atoms with E-state index in [1.165, 1.54) is 18.2 Å². The molecule has 25 heavy (non-hydrogen) atoms. The van der Waals surface area contributed by atoms with Gasteiger partial charge in [0.2, 0.25) is 0 Å². The van der Waals surface area contributed by atoms with Crippen LogP contribution in [0, 0.1) is 11.3 Å². The van der Waals surface area contributed by atoms with Gasteiger partial charge in [-0.15, -0.1) is 21.5 Å². The van der Waals surface area contributed by atoms with Crippen LogP contribution in [0.4, 0.5) is 17.3 Å². The van der Waals surface area contributed by atoms with E-state index in [4.69, 9.17) is 16.9 Å². The maximum absolute atomic E-state index is 12.2. The van der Waals surface area contributed by atoms with Crippen LogP contribution in [0.1, 0.15) is 5.56 Å². The van der Waals surface area contributed by atoms with Gasteiger partial charge in [-0.05, 0) is 36.4 Å². The maximum Gasteiger partial charge on any atom is 0.272 e. The van der Waals surface area contributed by atoms with Gasteiger partial charge in [-0.3, -0.25) is 4.72 Å². The molecule has 0 saturated heterocycles. The first-order chi connectivity index (χ1) is 12.0. The molecular weight excluding hydrogens is 382 g/mol. The molecule has 3 aromatic rings. The van der Waals surface area contributed by atoms with Crippen molar-refractivity contribution in [1.29, 1.82) is 5.26 Å². The lowest BCUT2D eigenvalue weighted by Crippen LogP contribution is -2.13. The Hall–Kier alpha value is -2.67. The maximum atomic E-state index is 12.2. The Morgan fingerprint density at radius 1 is 1.04 bits per heavy atom. The van der Waals surface area contributed by atoms with E-state index in [9.17, 15) is 8.42 Å². The van der Waals surface area contributed by atoms with Crippen molar-refractivity contribution in [3.63, 3.8) is 0 Å². The van der Waals surface area contributed by atoms with Crippen LogP contribution in [-0.4, -0.2) is 18.6 Å². The molecule has 0 spiro atoms.